The fourth-order valence-electron chi connectivity index (χ4n) is 11.0. The van der Waals surface area contributed by atoms with Gasteiger partial charge in [-0.3, -0.25) is 37.3 Å². The van der Waals surface area contributed by atoms with Gasteiger partial charge in [0.25, 0.3) is 0 Å². The van der Waals surface area contributed by atoms with Crippen LogP contribution in [0.3, 0.4) is 0 Å². The molecule has 0 aromatic rings. The predicted octanol–water partition coefficient (Wildman–Crippen LogP) is 22.3. The van der Waals surface area contributed by atoms with Crippen LogP contribution in [0.15, 0.2) is 36.5 Å². The molecule has 17 nitrogen and oxygen atoms in total. The number of phosphoric ester groups is 2. The quantitative estimate of drug-likeness (QED) is 0.0169. The van der Waals surface area contributed by atoms with Crippen molar-refractivity contribution < 1.29 is 80.2 Å². The largest absolute Gasteiger partial charge is 0.472 e. The van der Waals surface area contributed by atoms with E-state index in [2.05, 4.69) is 64.2 Å². The molecule has 0 rings (SSSR count). The maximum atomic E-state index is 13.1. The van der Waals surface area contributed by atoms with Crippen LogP contribution in [0, 0.1) is 0 Å². The van der Waals surface area contributed by atoms with E-state index in [1.807, 2.05) is 0 Å². The standard InChI is InChI=1S/C77H144O17P2/c1-5-9-13-17-21-25-29-33-35-39-42-46-50-54-58-62-75(80)88-68-72(93-76(81)63-59-55-51-47-43-38-32-28-24-20-16-12-8-4)69-91-95(83,84)89-65-71(78)66-90-96(85,86)92-70-73(67-87-74(79)61-57-53-49-45-41-37-31-27-23-19-15-11-7-3)94-77(82)64-60-56-52-48-44-40-36-34-30-26-22-18-14-10-6-2/h25-27,29-31,71-73,78H,5-24,28,32-70H2,1-4H3,(H,83,84)(H,85,86)/b29-25-,30-26-,31-27-/t71-,72-,73-/m1/s1. The van der Waals surface area contributed by atoms with Gasteiger partial charge in [0.2, 0.25) is 0 Å². The minimum Gasteiger partial charge on any atom is -0.462 e. The van der Waals surface area contributed by atoms with E-state index in [0.29, 0.717) is 25.7 Å². The summed E-state index contributed by atoms with van der Waals surface area (Å²) >= 11 is 0. The Kier molecular flexibility index (Phi) is 68.7. The van der Waals surface area contributed by atoms with Crippen molar-refractivity contribution in [2.75, 3.05) is 39.6 Å². The maximum absolute atomic E-state index is 13.1. The molecule has 96 heavy (non-hydrogen) atoms. The fraction of sp³-hybridized carbons (Fsp3) is 0.870. The molecule has 0 saturated carbocycles. The molecule has 0 saturated heterocycles. The van der Waals surface area contributed by atoms with E-state index in [9.17, 15) is 43.2 Å². The molecule has 564 valence electrons. The van der Waals surface area contributed by atoms with Gasteiger partial charge in [0.1, 0.15) is 19.3 Å². The molecule has 0 bridgehead atoms. The molecule has 0 aliphatic carbocycles. The highest BCUT2D eigenvalue weighted by atomic mass is 31.2. The lowest BCUT2D eigenvalue weighted by Crippen LogP contribution is -2.30. The molecule has 0 aromatic carbocycles. The molecule has 19 heteroatoms. The molecular weight excluding hydrogens is 1260 g/mol. The predicted molar refractivity (Wildman–Crippen MR) is 391 cm³/mol. The number of rotatable bonds is 75. The van der Waals surface area contributed by atoms with Crippen molar-refractivity contribution >= 4 is 39.5 Å². The van der Waals surface area contributed by atoms with Gasteiger partial charge < -0.3 is 33.8 Å². The summed E-state index contributed by atoms with van der Waals surface area (Å²) in [5.74, 6) is -2.15. The van der Waals surface area contributed by atoms with Crippen molar-refractivity contribution in [1.29, 1.82) is 0 Å². The summed E-state index contributed by atoms with van der Waals surface area (Å²) in [6, 6.07) is 0. The van der Waals surface area contributed by atoms with Gasteiger partial charge in [-0.15, -0.1) is 0 Å². The zero-order valence-electron chi connectivity index (χ0n) is 61.6. The number of esters is 4. The maximum Gasteiger partial charge on any atom is 0.472 e. The van der Waals surface area contributed by atoms with Crippen molar-refractivity contribution in [2.24, 2.45) is 0 Å². The molecule has 0 radical (unpaired) electrons. The summed E-state index contributed by atoms with van der Waals surface area (Å²) in [4.78, 5) is 72.8. The van der Waals surface area contributed by atoms with E-state index >= 15 is 0 Å². The lowest BCUT2D eigenvalue weighted by Gasteiger charge is -2.21. The molecule has 0 fully saturated rings. The number of aliphatic hydroxyl groups excluding tert-OH is 1. The highest BCUT2D eigenvalue weighted by molar-refractivity contribution is 7.47. The second-order valence-electron chi connectivity index (χ2n) is 26.7. The Labute approximate surface area is 585 Å². The van der Waals surface area contributed by atoms with E-state index < -0.39 is 97.5 Å². The number of hydrogen-bond donors (Lipinski definition) is 3. The Morgan fingerprint density at radius 3 is 0.729 bits per heavy atom. The van der Waals surface area contributed by atoms with E-state index in [-0.39, 0.29) is 25.7 Å². The van der Waals surface area contributed by atoms with E-state index in [1.165, 1.54) is 141 Å². The molecular formula is C77H144O17P2. The second-order valence-corrected chi connectivity index (χ2v) is 29.6. The third-order valence-corrected chi connectivity index (χ3v) is 19.0. The number of phosphoric acid groups is 2. The van der Waals surface area contributed by atoms with Crippen molar-refractivity contribution in [3.8, 4) is 0 Å². The first-order chi connectivity index (χ1) is 46.7. The summed E-state index contributed by atoms with van der Waals surface area (Å²) in [5, 5.41) is 10.6. The van der Waals surface area contributed by atoms with Gasteiger partial charge >= 0.3 is 39.5 Å². The summed E-state index contributed by atoms with van der Waals surface area (Å²) in [7, 11) is -9.93. The zero-order valence-corrected chi connectivity index (χ0v) is 63.4. The van der Waals surface area contributed by atoms with Gasteiger partial charge in [-0.25, -0.2) is 9.13 Å². The third-order valence-electron chi connectivity index (χ3n) is 17.1. The highest BCUT2D eigenvalue weighted by Gasteiger charge is 2.30. The second kappa shape index (κ2) is 70.7. The van der Waals surface area contributed by atoms with Crippen molar-refractivity contribution in [3.05, 3.63) is 36.5 Å². The van der Waals surface area contributed by atoms with Crippen LogP contribution in [0.2, 0.25) is 0 Å². The number of ether oxygens (including phenoxy) is 4. The molecule has 0 aromatic heterocycles. The Bertz CT molecular complexity index is 1970. The molecule has 3 N–H and O–H groups in total. The molecule has 0 aliphatic rings. The summed E-state index contributed by atoms with van der Waals surface area (Å²) in [5.41, 5.74) is 0. The van der Waals surface area contributed by atoms with Gasteiger partial charge in [0.05, 0.1) is 26.4 Å². The molecule has 0 amide bonds. The first kappa shape index (κ1) is 93.3. The van der Waals surface area contributed by atoms with Gasteiger partial charge in [-0.05, 0) is 103 Å². The van der Waals surface area contributed by atoms with Crippen LogP contribution in [0.1, 0.15) is 374 Å². The number of carbonyl (C=O) groups is 4. The van der Waals surface area contributed by atoms with Crippen molar-refractivity contribution in [3.63, 3.8) is 0 Å². The van der Waals surface area contributed by atoms with Crippen LogP contribution in [-0.4, -0.2) is 96.7 Å². The van der Waals surface area contributed by atoms with Crippen molar-refractivity contribution in [1.82, 2.24) is 0 Å². The molecule has 2 unspecified atom stereocenters. The molecule has 0 heterocycles. The Hall–Kier alpha value is -2.72. The molecule has 0 aliphatic heterocycles. The smallest absolute Gasteiger partial charge is 0.462 e. The Morgan fingerprint density at radius 1 is 0.281 bits per heavy atom. The van der Waals surface area contributed by atoms with E-state index in [1.54, 1.807) is 0 Å². The summed E-state index contributed by atoms with van der Waals surface area (Å²) in [6.07, 6.45) is 65.5. The van der Waals surface area contributed by atoms with Gasteiger partial charge in [0, 0.05) is 25.7 Å². The highest BCUT2D eigenvalue weighted by Crippen LogP contribution is 2.45. The lowest BCUT2D eigenvalue weighted by atomic mass is 10.0. The van der Waals surface area contributed by atoms with Crippen molar-refractivity contribution in [2.45, 2.75) is 393 Å². The summed E-state index contributed by atoms with van der Waals surface area (Å²) < 4.78 is 68.5. The average molecular weight is 1400 g/mol. The Morgan fingerprint density at radius 2 is 0.479 bits per heavy atom. The number of aliphatic hydroxyl groups is 1. The third kappa shape index (κ3) is 69.7. The topological polar surface area (TPSA) is 237 Å². The number of hydrogen-bond acceptors (Lipinski definition) is 15. The van der Waals surface area contributed by atoms with Crippen LogP contribution in [0.25, 0.3) is 0 Å². The monoisotopic (exact) mass is 1400 g/mol. The summed E-state index contributed by atoms with van der Waals surface area (Å²) in [6.45, 7) is 4.90. The number of carbonyl (C=O) groups excluding carboxylic acids is 4. The fourth-order valence-corrected chi connectivity index (χ4v) is 12.6. The normalized spacial score (nSPS) is 14.1. The first-order valence-electron chi connectivity index (χ1n) is 39.2. The van der Waals surface area contributed by atoms with Crippen LogP contribution in [0.4, 0.5) is 0 Å². The SMILES string of the molecule is CCCCCC/C=C\CCCCCCCCCC(=O)OC[C@H](COP(=O)(O)OC[C@@H](O)COP(=O)(O)OC[C@@H](COC(=O)CCCCCCC/C=C\CCCCCC)OC(=O)CCCCCCCCC/C=C\CCCCCC)OC(=O)CCCCCCCCCCCCCCC. The van der Waals surface area contributed by atoms with Gasteiger partial charge in [-0.1, -0.05) is 282 Å². The first-order valence-corrected chi connectivity index (χ1v) is 42.2. The van der Waals surface area contributed by atoms with E-state index in [0.717, 1.165) is 154 Å². The lowest BCUT2D eigenvalue weighted by molar-refractivity contribution is -0.161. The van der Waals surface area contributed by atoms with E-state index in [4.69, 9.17) is 37.0 Å². The molecule has 0 spiro atoms. The molecule has 5 atom stereocenters. The van der Waals surface area contributed by atoms with Crippen LogP contribution >= 0.6 is 15.6 Å². The van der Waals surface area contributed by atoms with Crippen LogP contribution < -0.4 is 0 Å². The van der Waals surface area contributed by atoms with Crippen LogP contribution in [-0.2, 0) is 65.4 Å². The van der Waals surface area contributed by atoms with Gasteiger partial charge in [0.15, 0.2) is 12.2 Å². The minimum absolute atomic E-state index is 0.0946. The zero-order chi connectivity index (χ0) is 70.4. The minimum atomic E-state index is -4.97. The number of unbranched alkanes of at least 4 members (excludes halogenated alkanes) is 43. The van der Waals surface area contributed by atoms with Crippen LogP contribution in [0.5, 0.6) is 0 Å². The average Bonchev–Trinajstić information content (AvgIpc) is 1.17. The van der Waals surface area contributed by atoms with Gasteiger partial charge in [-0.2, -0.15) is 0 Å². The number of allylic oxidation sites excluding steroid dienone is 6. The Balaban J connectivity index is 5.30.